The van der Waals surface area contributed by atoms with Gasteiger partial charge in [-0.2, -0.15) is 0 Å². The first kappa shape index (κ1) is 21.0. The Bertz CT molecular complexity index is 749. The van der Waals surface area contributed by atoms with Crippen molar-refractivity contribution in [3.8, 4) is 5.75 Å². The number of nitrogens with zero attached hydrogens (tertiary/aromatic N) is 1. The Morgan fingerprint density at radius 3 is 2.41 bits per heavy atom. The molecule has 1 fully saturated rings. The molecule has 1 saturated heterocycles. The first-order valence-electron chi connectivity index (χ1n) is 8.83. The second-order valence-corrected chi connectivity index (χ2v) is 8.25. The molecular weight excluding hydrogens is 366 g/mol. The van der Waals surface area contributed by atoms with Crippen LogP contribution in [0.15, 0.2) is 29.2 Å². The summed E-state index contributed by atoms with van der Waals surface area (Å²) >= 11 is 0.815. The third-order valence-corrected chi connectivity index (χ3v) is 4.58. The SMILES string of the molecule is CCC(C)Oc1ccc(/C=C2/SC(=O)N(CC(=O)OC(C)(C)C)C2=O)cc1. The average Bonchev–Trinajstić information content (AvgIpc) is 2.82. The molecule has 2 rings (SSSR count). The predicted octanol–water partition coefficient (Wildman–Crippen LogP) is 4.24. The number of ether oxygens (including phenoxy) is 2. The van der Waals surface area contributed by atoms with Crippen molar-refractivity contribution in [1.29, 1.82) is 0 Å². The minimum absolute atomic E-state index is 0.125. The molecule has 1 aromatic rings. The van der Waals surface area contributed by atoms with Crippen molar-refractivity contribution in [1.82, 2.24) is 4.90 Å². The van der Waals surface area contributed by atoms with Crippen LogP contribution in [0.1, 0.15) is 46.6 Å². The molecule has 6 nitrogen and oxygen atoms in total. The van der Waals surface area contributed by atoms with Gasteiger partial charge in [0.1, 0.15) is 17.9 Å². The van der Waals surface area contributed by atoms with E-state index in [-0.39, 0.29) is 17.6 Å². The molecule has 0 aliphatic carbocycles. The second kappa shape index (κ2) is 8.61. The highest BCUT2D eigenvalue weighted by Crippen LogP contribution is 2.32. The van der Waals surface area contributed by atoms with E-state index < -0.39 is 22.7 Å². The number of rotatable bonds is 6. The zero-order chi connectivity index (χ0) is 20.2. The molecule has 1 aliphatic heterocycles. The number of thioether (sulfide) groups is 1. The summed E-state index contributed by atoms with van der Waals surface area (Å²) < 4.78 is 10.9. The highest BCUT2D eigenvalue weighted by molar-refractivity contribution is 8.18. The Balaban J connectivity index is 2.06. The third kappa shape index (κ3) is 6.13. The lowest BCUT2D eigenvalue weighted by atomic mass is 10.2. The van der Waals surface area contributed by atoms with Crippen molar-refractivity contribution in [3.63, 3.8) is 0 Å². The van der Waals surface area contributed by atoms with Gasteiger partial charge < -0.3 is 9.47 Å². The van der Waals surface area contributed by atoms with Crippen molar-refractivity contribution >= 4 is 35.0 Å². The Hall–Kier alpha value is -2.28. The Morgan fingerprint density at radius 2 is 1.85 bits per heavy atom. The van der Waals surface area contributed by atoms with E-state index in [4.69, 9.17) is 9.47 Å². The van der Waals surface area contributed by atoms with Gasteiger partial charge in [0.15, 0.2) is 0 Å². The average molecular weight is 391 g/mol. The summed E-state index contributed by atoms with van der Waals surface area (Å²) in [5.41, 5.74) is 0.0997. The number of hydrogen-bond donors (Lipinski definition) is 0. The summed E-state index contributed by atoms with van der Waals surface area (Å²) in [6.45, 7) is 8.84. The Morgan fingerprint density at radius 1 is 1.22 bits per heavy atom. The van der Waals surface area contributed by atoms with Crippen LogP contribution in [0.5, 0.6) is 5.75 Å². The minimum atomic E-state index is -0.673. The van der Waals surface area contributed by atoms with E-state index in [2.05, 4.69) is 0 Å². The third-order valence-electron chi connectivity index (χ3n) is 3.67. The summed E-state index contributed by atoms with van der Waals surface area (Å²) in [7, 11) is 0. The van der Waals surface area contributed by atoms with E-state index >= 15 is 0 Å². The summed E-state index contributed by atoms with van der Waals surface area (Å²) in [6, 6.07) is 7.28. The van der Waals surface area contributed by atoms with Crippen LogP contribution in [-0.2, 0) is 14.3 Å². The van der Waals surface area contributed by atoms with Crippen LogP contribution in [0.25, 0.3) is 6.08 Å². The molecule has 0 aromatic heterocycles. The normalized spacial score (nSPS) is 17.4. The molecule has 1 aromatic carbocycles. The van der Waals surface area contributed by atoms with Crippen molar-refractivity contribution in [2.75, 3.05) is 6.54 Å². The molecule has 0 N–H and O–H groups in total. The molecule has 1 atom stereocenters. The molecule has 0 saturated carbocycles. The van der Waals surface area contributed by atoms with Crippen LogP contribution in [0.3, 0.4) is 0 Å². The number of imide groups is 1. The molecule has 1 heterocycles. The van der Waals surface area contributed by atoms with Crippen molar-refractivity contribution in [2.24, 2.45) is 0 Å². The van der Waals surface area contributed by atoms with Gasteiger partial charge in [-0.3, -0.25) is 19.3 Å². The van der Waals surface area contributed by atoms with Crippen LogP contribution >= 0.6 is 11.8 Å². The highest BCUT2D eigenvalue weighted by Gasteiger charge is 2.37. The van der Waals surface area contributed by atoms with E-state index in [1.54, 1.807) is 26.8 Å². The van der Waals surface area contributed by atoms with E-state index in [0.717, 1.165) is 34.4 Å². The molecule has 0 spiro atoms. The fourth-order valence-corrected chi connectivity index (χ4v) is 3.09. The zero-order valence-corrected chi connectivity index (χ0v) is 17.1. The maximum absolute atomic E-state index is 12.5. The van der Waals surface area contributed by atoms with Gasteiger partial charge in [0.05, 0.1) is 11.0 Å². The van der Waals surface area contributed by atoms with Crippen molar-refractivity contribution < 1.29 is 23.9 Å². The molecular formula is C20H25NO5S. The predicted molar refractivity (Wildman–Crippen MR) is 105 cm³/mol. The molecule has 0 bridgehead atoms. The first-order chi connectivity index (χ1) is 12.6. The number of esters is 1. The lowest BCUT2D eigenvalue weighted by Gasteiger charge is -2.21. The van der Waals surface area contributed by atoms with E-state index in [1.165, 1.54) is 0 Å². The van der Waals surface area contributed by atoms with Crippen LogP contribution in [0.4, 0.5) is 4.79 Å². The molecule has 0 radical (unpaired) electrons. The fourth-order valence-electron chi connectivity index (χ4n) is 2.25. The lowest BCUT2D eigenvalue weighted by Crippen LogP contribution is -2.37. The van der Waals surface area contributed by atoms with Crippen molar-refractivity contribution in [2.45, 2.75) is 52.7 Å². The lowest BCUT2D eigenvalue weighted by molar-refractivity contribution is -0.156. The zero-order valence-electron chi connectivity index (χ0n) is 16.3. The molecule has 7 heteroatoms. The van der Waals surface area contributed by atoms with Gasteiger partial charge in [-0.25, -0.2) is 0 Å². The van der Waals surface area contributed by atoms with Gasteiger partial charge in [-0.1, -0.05) is 19.1 Å². The second-order valence-electron chi connectivity index (χ2n) is 7.26. The highest BCUT2D eigenvalue weighted by atomic mass is 32.2. The first-order valence-corrected chi connectivity index (χ1v) is 9.64. The van der Waals surface area contributed by atoms with E-state index in [1.807, 2.05) is 38.1 Å². The monoisotopic (exact) mass is 391 g/mol. The molecule has 146 valence electrons. The molecule has 27 heavy (non-hydrogen) atoms. The summed E-state index contributed by atoms with van der Waals surface area (Å²) in [6.07, 6.45) is 2.67. The fraction of sp³-hybridized carbons (Fsp3) is 0.450. The number of benzene rings is 1. The summed E-state index contributed by atoms with van der Waals surface area (Å²) in [4.78, 5) is 37.6. The van der Waals surface area contributed by atoms with Crippen LogP contribution < -0.4 is 4.74 Å². The summed E-state index contributed by atoms with van der Waals surface area (Å²) in [5, 5.41) is -0.478. The number of amides is 2. The number of carbonyl (C=O) groups excluding carboxylic acids is 3. The van der Waals surface area contributed by atoms with Gasteiger partial charge in [-0.05, 0) is 69.6 Å². The maximum atomic E-state index is 12.5. The minimum Gasteiger partial charge on any atom is -0.491 e. The summed E-state index contributed by atoms with van der Waals surface area (Å²) in [5.74, 6) is -0.354. The topological polar surface area (TPSA) is 72.9 Å². The van der Waals surface area contributed by atoms with Gasteiger partial charge in [-0.15, -0.1) is 0 Å². The van der Waals surface area contributed by atoms with E-state index in [9.17, 15) is 14.4 Å². The number of carbonyl (C=O) groups is 3. The van der Waals surface area contributed by atoms with E-state index in [0.29, 0.717) is 0 Å². The van der Waals surface area contributed by atoms with Gasteiger partial charge in [0.2, 0.25) is 0 Å². The maximum Gasteiger partial charge on any atom is 0.326 e. The van der Waals surface area contributed by atoms with Gasteiger partial charge in [0.25, 0.3) is 11.1 Å². The van der Waals surface area contributed by atoms with Gasteiger partial charge in [0, 0.05) is 0 Å². The molecule has 1 aliphatic rings. The molecule has 2 amide bonds. The molecule has 1 unspecified atom stereocenters. The standard InChI is InChI=1S/C20H25NO5S/c1-6-13(2)25-15-9-7-14(8-10-15)11-16-18(23)21(19(24)27-16)12-17(22)26-20(3,4)5/h7-11,13H,6,12H2,1-5H3/b16-11+. The van der Waals surface area contributed by atoms with Crippen LogP contribution in [0.2, 0.25) is 0 Å². The van der Waals surface area contributed by atoms with Crippen molar-refractivity contribution in [3.05, 3.63) is 34.7 Å². The Labute approximate surface area is 163 Å². The quantitative estimate of drug-likeness (QED) is 0.533. The smallest absolute Gasteiger partial charge is 0.326 e. The largest absolute Gasteiger partial charge is 0.491 e. The Kier molecular flexibility index (Phi) is 6.70. The van der Waals surface area contributed by atoms with Crippen LogP contribution in [0, 0.1) is 0 Å². The van der Waals surface area contributed by atoms with Crippen LogP contribution in [-0.4, -0.2) is 40.3 Å². The van der Waals surface area contributed by atoms with Gasteiger partial charge >= 0.3 is 5.97 Å². The number of hydrogen-bond acceptors (Lipinski definition) is 6.